The lowest BCUT2D eigenvalue weighted by atomic mass is 10.2. The normalized spacial score (nSPS) is 10.7. The van der Waals surface area contributed by atoms with Crippen molar-refractivity contribution in [2.75, 3.05) is 6.54 Å². The van der Waals surface area contributed by atoms with Crippen LogP contribution < -0.4 is 5.32 Å². The van der Waals surface area contributed by atoms with E-state index >= 15 is 0 Å². The second-order valence-corrected chi connectivity index (χ2v) is 6.07. The van der Waals surface area contributed by atoms with E-state index < -0.39 is 0 Å². The predicted octanol–water partition coefficient (Wildman–Crippen LogP) is 4.85. The summed E-state index contributed by atoms with van der Waals surface area (Å²) in [5.41, 5.74) is 1.25. The van der Waals surface area contributed by atoms with Crippen molar-refractivity contribution in [3.63, 3.8) is 0 Å². The van der Waals surface area contributed by atoms with Gasteiger partial charge < -0.3 is 5.32 Å². The minimum atomic E-state index is -0.204. The van der Waals surface area contributed by atoms with Crippen LogP contribution >= 0.6 is 27.7 Å². The second kappa shape index (κ2) is 7.08. The van der Waals surface area contributed by atoms with Crippen LogP contribution in [0.5, 0.6) is 0 Å². The van der Waals surface area contributed by atoms with Gasteiger partial charge in [-0.25, -0.2) is 4.39 Å². The average molecular weight is 340 g/mol. The molecule has 1 nitrogen and oxygen atoms in total. The number of hydrogen-bond acceptors (Lipinski definition) is 2. The summed E-state index contributed by atoms with van der Waals surface area (Å²) >= 11 is 5.21. The van der Waals surface area contributed by atoms with Crippen LogP contribution in [-0.4, -0.2) is 6.54 Å². The van der Waals surface area contributed by atoms with Crippen molar-refractivity contribution in [1.29, 1.82) is 0 Å². The SMILES string of the molecule is CCNCc1ccc(Sc2ccc(F)cc2)c(Br)c1. The first-order valence-corrected chi connectivity index (χ1v) is 7.72. The van der Waals surface area contributed by atoms with Crippen LogP contribution in [0, 0.1) is 5.82 Å². The van der Waals surface area contributed by atoms with Gasteiger partial charge in [0.2, 0.25) is 0 Å². The third kappa shape index (κ3) is 4.34. The first-order valence-electron chi connectivity index (χ1n) is 6.11. The Bertz CT molecular complexity index is 542. The van der Waals surface area contributed by atoms with Crippen molar-refractivity contribution < 1.29 is 4.39 Å². The number of nitrogens with one attached hydrogen (secondary N) is 1. The third-order valence-corrected chi connectivity index (χ3v) is 4.62. The zero-order chi connectivity index (χ0) is 13.7. The Morgan fingerprint density at radius 2 is 1.89 bits per heavy atom. The van der Waals surface area contributed by atoms with Crippen molar-refractivity contribution in [2.24, 2.45) is 0 Å². The van der Waals surface area contributed by atoms with Gasteiger partial charge in [0.05, 0.1) is 0 Å². The lowest BCUT2D eigenvalue weighted by Crippen LogP contribution is -2.11. The molecule has 0 spiro atoms. The Kier molecular flexibility index (Phi) is 5.43. The molecule has 1 N–H and O–H groups in total. The van der Waals surface area contributed by atoms with E-state index in [1.165, 1.54) is 17.7 Å². The minimum absolute atomic E-state index is 0.204. The van der Waals surface area contributed by atoms with Crippen LogP contribution in [-0.2, 0) is 6.54 Å². The van der Waals surface area contributed by atoms with Crippen LogP contribution in [0.2, 0.25) is 0 Å². The van der Waals surface area contributed by atoms with Crippen molar-refractivity contribution in [2.45, 2.75) is 23.3 Å². The summed E-state index contributed by atoms with van der Waals surface area (Å²) in [6.07, 6.45) is 0. The molecule has 19 heavy (non-hydrogen) atoms. The summed E-state index contributed by atoms with van der Waals surface area (Å²) in [7, 11) is 0. The highest BCUT2D eigenvalue weighted by Crippen LogP contribution is 2.34. The fourth-order valence-corrected chi connectivity index (χ4v) is 3.12. The Hall–Kier alpha value is -0.840. The molecule has 0 radical (unpaired) electrons. The maximum atomic E-state index is 12.9. The molecule has 2 rings (SSSR count). The highest BCUT2D eigenvalue weighted by Gasteiger charge is 2.04. The number of rotatable bonds is 5. The molecular formula is C15H15BrFNS. The van der Waals surface area contributed by atoms with Gasteiger partial charge in [0.15, 0.2) is 0 Å². The van der Waals surface area contributed by atoms with Gasteiger partial charge in [-0.3, -0.25) is 0 Å². The molecule has 0 saturated carbocycles. The van der Waals surface area contributed by atoms with E-state index in [1.807, 2.05) is 0 Å². The van der Waals surface area contributed by atoms with Crippen LogP contribution in [0.4, 0.5) is 4.39 Å². The van der Waals surface area contributed by atoms with Crippen molar-refractivity contribution in [1.82, 2.24) is 5.32 Å². The summed E-state index contributed by atoms with van der Waals surface area (Å²) < 4.78 is 13.9. The summed E-state index contributed by atoms with van der Waals surface area (Å²) in [6, 6.07) is 12.9. The molecule has 0 unspecified atom stereocenters. The van der Waals surface area contributed by atoms with Gasteiger partial charge in [0.25, 0.3) is 0 Å². The van der Waals surface area contributed by atoms with Gasteiger partial charge in [0.1, 0.15) is 5.82 Å². The van der Waals surface area contributed by atoms with E-state index in [9.17, 15) is 4.39 Å². The molecule has 0 aliphatic heterocycles. The highest BCUT2D eigenvalue weighted by atomic mass is 79.9. The fraction of sp³-hybridized carbons (Fsp3) is 0.200. The van der Waals surface area contributed by atoms with Crippen LogP contribution in [0.15, 0.2) is 56.7 Å². The second-order valence-electron chi connectivity index (χ2n) is 4.10. The Balaban J connectivity index is 2.10. The summed E-state index contributed by atoms with van der Waals surface area (Å²) in [5.74, 6) is -0.204. The Morgan fingerprint density at radius 3 is 2.53 bits per heavy atom. The van der Waals surface area contributed by atoms with Crippen LogP contribution in [0.3, 0.4) is 0 Å². The molecule has 0 fully saturated rings. The van der Waals surface area contributed by atoms with Gasteiger partial charge in [-0.15, -0.1) is 0 Å². The zero-order valence-electron chi connectivity index (χ0n) is 10.6. The highest BCUT2D eigenvalue weighted by molar-refractivity contribution is 9.10. The van der Waals surface area contributed by atoms with Gasteiger partial charge in [0, 0.05) is 20.8 Å². The number of halogens is 2. The summed E-state index contributed by atoms with van der Waals surface area (Å²) in [6.45, 7) is 3.92. The third-order valence-electron chi connectivity index (χ3n) is 2.62. The molecule has 0 aromatic heterocycles. The van der Waals surface area contributed by atoms with Crippen molar-refractivity contribution in [3.8, 4) is 0 Å². The predicted molar refractivity (Wildman–Crippen MR) is 82.0 cm³/mol. The quantitative estimate of drug-likeness (QED) is 0.835. The molecule has 0 saturated heterocycles. The van der Waals surface area contributed by atoms with Crippen LogP contribution in [0.25, 0.3) is 0 Å². The standard InChI is InChI=1S/C15H15BrFNS/c1-2-18-10-11-3-8-15(14(16)9-11)19-13-6-4-12(17)5-7-13/h3-9,18H,2,10H2,1H3. The van der Waals surface area contributed by atoms with Crippen molar-refractivity contribution in [3.05, 3.63) is 58.3 Å². The molecule has 0 aliphatic rings. The molecule has 0 heterocycles. The molecular weight excluding hydrogens is 325 g/mol. The smallest absolute Gasteiger partial charge is 0.123 e. The first-order chi connectivity index (χ1) is 9.19. The van der Waals surface area contributed by atoms with Crippen LogP contribution in [0.1, 0.15) is 12.5 Å². The molecule has 0 bridgehead atoms. The van der Waals surface area contributed by atoms with E-state index in [0.717, 1.165) is 27.4 Å². The van der Waals surface area contributed by atoms with E-state index in [2.05, 4.69) is 46.4 Å². The van der Waals surface area contributed by atoms with Gasteiger partial charge in [-0.1, -0.05) is 24.8 Å². The summed E-state index contributed by atoms with van der Waals surface area (Å²) in [4.78, 5) is 2.16. The minimum Gasteiger partial charge on any atom is -0.313 e. The van der Waals surface area contributed by atoms with E-state index in [4.69, 9.17) is 0 Å². The Morgan fingerprint density at radius 1 is 1.16 bits per heavy atom. The molecule has 0 aliphatic carbocycles. The van der Waals surface area contributed by atoms with Gasteiger partial charge in [-0.05, 0) is 64.4 Å². The van der Waals surface area contributed by atoms with E-state index in [0.29, 0.717) is 0 Å². The molecule has 2 aromatic rings. The van der Waals surface area contributed by atoms with E-state index in [-0.39, 0.29) is 5.82 Å². The molecule has 2 aromatic carbocycles. The molecule has 0 atom stereocenters. The Labute approximate surface area is 125 Å². The lowest BCUT2D eigenvalue weighted by molar-refractivity contribution is 0.626. The number of hydrogen-bond donors (Lipinski definition) is 1. The molecule has 100 valence electrons. The lowest BCUT2D eigenvalue weighted by Gasteiger charge is -2.08. The maximum absolute atomic E-state index is 12.9. The average Bonchev–Trinajstić information content (AvgIpc) is 2.41. The molecule has 4 heteroatoms. The maximum Gasteiger partial charge on any atom is 0.123 e. The largest absolute Gasteiger partial charge is 0.313 e. The van der Waals surface area contributed by atoms with Gasteiger partial charge in [-0.2, -0.15) is 0 Å². The monoisotopic (exact) mass is 339 g/mol. The van der Waals surface area contributed by atoms with Crippen molar-refractivity contribution >= 4 is 27.7 Å². The van der Waals surface area contributed by atoms with Gasteiger partial charge >= 0.3 is 0 Å². The zero-order valence-corrected chi connectivity index (χ0v) is 13.0. The number of benzene rings is 2. The fourth-order valence-electron chi connectivity index (χ4n) is 1.64. The van der Waals surface area contributed by atoms with E-state index in [1.54, 1.807) is 23.9 Å². The topological polar surface area (TPSA) is 12.0 Å². The first kappa shape index (κ1) is 14.6. The molecule has 0 amide bonds. The summed E-state index contributed by atoms with van der Waals surface area (Å²) in [5, 5.41) is 3.30.